The fraction of sp³-hybridized carbons (Fsp3) is 0.417. The summed E-state index contributed by atoms with van der Waals surface area (Å²) in [5.41, 5.74) is 8.54. The average Bonchev–Trinajstić information content (AvgIpc) is 2.39. The molecule has 1 aromatic rings. The predicted octanol–water partition coefficient (Wildman–Crippen LogP) is 1.99. The molecule has 1 aromatic carbocycles. The lowest BCUT2D eigenvalue weighted by Gasteiger charge is -2.18. The zero-order valence-corrected chi connectivity index (χ0v) is 10.1. The standard InChI is InChI=1S/C12H13FN4O2/c13-10-7-8(3-5-14)1-2-9(10)12(19)11(18)4-6-16-17-15/h1-2,7,11-12,18-19H,3-4,6H2. The number of nitrogens with zero attached hydrogens (tertiary/aromatic N) is 4. The summed E-state index contributed by atoms with van der Waals surface area (Å²) in [4.78, 5) is 2.52. The molecule has 100 valence electrons. The summed E-state index contributed by atoms with van der Waals surface area (Å²) in [6.07, 6.45) is -2.51. The van der Waals surface area contributed by atoms with Gasteiger partial charge in [-0.15, -0.1) is 0 Å². The number of rotatable bonds is 6. The van der Waals surface area contributed by atoms with E-state index in [1.807, 2.05) is 6.07 Å². The third kappa shape index (κ3) is 4.23. The van der Waals surface area contributed by atoms with Gasteiger partial charge in [0.25, 0.3) is 0 Å². The Kier molecular flexibility index (Phi) is 5.76. The van der Waals surface area contributed by atoms with Crippen LogP contribution in [-0.2, 0) is 6.42 Å². The second kappa shape index (κ2) is 7.34. The molecule has 0 aliphatic heterocycles. The van der Waals surface area contributed by atoms with Gasteiger partial charge in [-0.3, -0.25) is 0 Å². The summed E-state index contributed by atoms with van der Waals surface area (Å²) in [5, 5.41) is 31.2. The molecular weight excluding hydrogens is 251 g/mol. The van der Waals surface area contributed by atoms with Crippen LogP contribution in [-0.4, -0.2) is 22.9 Å². The molecule has 0 spiro atoms. The van der Waals surface area contributed by atoms with E-state index in [1.165, 1.54) is 12.1 Å². The van der Waals surface area contributed by atoms with Gasteiger partial charge in [0.15, 0.2) is 0 Å². The van der Waals surface area contributed by atoms with Crippen molar-refractivity contribution >= 4 is 0 Å². The molecule has 0 fully saturated rings. The summed E-state index contributed by atoms with van der Waals surface area (Å²) in [6.45, 7) is 0.0167. The summed E-state index contributed by atoms with van der Waals surface area (Å²) < 4.78 is 13.7. The zero-order valence-electron chi connectivity index (χ0n) is 10.1. The highest BCUT2D eigenvalue weighted by molar-refractivity contribution is 5.28. The van der Waals surface area contributed by atoms with Crippen molar-refractivity contribution in [3.63, 3.8) is 0 Å². The molecule has 0 aliphatic rings. The lowest BCUT2D eigenvalue weighted by molar-refractivity contribution is 0.0130. The van der Waals surface area contributed by atoms with E-state index >= 15 is 0 Å². The van der Waals surface area contributed by atoms with Gasteiger partial charge >= 0.3 is 0 Å². The first-order chi connectivity index (χ1) is 9.10. The fourth-order valence-electron chi connectivity index (χ4n) is 1.61. The summed E-state index contributed by atoms with van der Waals surface area (Å²) >= 11 is 0. The Balaban J connectivity index is 2.78. The highest BCUT2D eigenvalue weighted by Gasteiger charge is 2.21. The Morgan fingerprint density at radius 3 is 2.79 bits per heavy atom. The molecule has 0 bridgehead atoms. The first-order valence-electron chi connectivity index (χ1n) is 5.62. The monoisotopic (exact) mass is 264 g/mol. The maximum atomic E-state index is 13.7. The van der Waals surface area contributed by atoms with Crippen LogP contribution in [0, 0.1) is 17.1 Å². The summed E-state index contributed by atoms with van der Waals surface area (Å²) in [5.74, 6) is -0.678. The average molecular weight is 264 g/mol. The van der Waals surface area contributed by atoms with Crippen LogP contribution in [0.2, 0.25) is 0 Å². The van der Waals surface area contributed by atoms with Crippen molar-refractivity contribution in [1.82, 2.24) is 0 Å². The van der Waals surface area contributed by atoms with Gasteiger partial charge in [0, 0.05) is 17.0 Å². The third-order valence-electron chi connectivity index (χ3n) is 2.62. The van der Waals surface area contributed by atoms with Gasteiger partial charge in [0.1, 0.15) is 11.9 Å². The molecular formula is C12H13FN4O2. The first-order valence-corrected chi connectivity index (χ1v) is 5.62. The smallest absolute Gasteiger partial charge is 0.129 e. The minimum Gasteiger partial charge on any atom is -0.390 e. The van der Waals surface area contributed by atoms with Crippen molar-refractivity contribution in [3.8, 4) is 6.07 Å². The summed E-state index contributed by atoms with van der Waals surface area (Å²) in [7, 11) is 0. The molecule has 2 N–H and O–H groups in total. The van der Waals surface area contributed by atoms with E-state index in [0.717, 1.165) is 6.07 Å². The van der Waals surface area contributed by atoms with Crippen molar-refractivity contribution in [3.05, 3.63) is 45.6 Å². The molecule has 0 amide bonds. The molecule has 19 heavy (non-hydrogen) atoms. The quantitative estimate of drug-likeness (QED) is 0.465. The minimum atomic E-state index is -1.40. The number of nitriles is 1. The Morgan fingerprint density at radius 2 is 2.21 bits per heavy atom. The lowest BCUT2D eigenvalue weighted by atomic mass is 9.99. The molecule has 0 aliphatic carbocycles. The third-order valence-corrected chi connectivity index (χ3v) is 2.62. The number of hydrogen-bond acceptors (Lipinski definition) is 4. The van der Waals surface area contributed by atoms with Crippen LogP contribution in [0.4, 0.5) is 4.39 Å². The van der Waals surface area contributed by atoms with Crippen LogP contribution in [0.3, 0.4) is 0 Å². The topological polar surface area (TPSA) is 113 Å². The van der Waals surface area contributed by atoms with Gasteiger partial charge in [-0.2, -0.15) is 5.26 Å². The molecule has 1 rings (SSSR count). The van der Waals surface area contributed by atoms with E-state index < -0.39 is 18.0 Å². The second-order valence-corrected chi connectivity index (χ2v) is 3.95. The van der Waals surface area contributed by atoms with Crippen molar-refractivity contribution in [1.29, 1.82) is 5.26 Å². The van der Waals surface area contributed by atoms with Crippen molar-refractivity contribution in [2.75, 3.05) is 6.54 Å². The van der Waals surface area contributed by atoms with Gasteiger partial charge in [0.05, 0.1) is 18.6 Å². The van der Waals surface area contributed by atoms with Gasteiger partial charge in [-0.1, -0.05) is 17.2 Å². The molecule has 2 atom stereocenters. The molecule has 0 saturated heterocycles. The van der Waals surface area contributed by atoms with Crippen molar-refractivity contribution in [2.24, 2.45) is 5.11 Å². The van der Waals surface area contributed by atoms with Crippen LogP contribution in [0.15, 0.2) is 23.3 Å². The van der Waals surface area contributed by atoms with Crippen LogP contribution in [0.5, 0.6) is 0 Å². The van der Waals surface area contributed by atoms with E-state index in [2.05, 4.69) is 10.0 Å². The maximum Gasteiger partial charge on any atom is 0.129 e. The van der Waals surface area contributed by atoms with Crippen molar-refractivity contribution in [2.45, 2.75) is 25.0 Å². The molecule has 2 unspecified atom stereocenters. The number of halogens is 1. The minimum absolute atomic E-state index is 0.0167. The van der Waals surface area contributed by atoms with E-state index in [9.17, 15) is 14.6 Å². The predicted molar refractivity (Wildman–Crippen MR) is 65.3 cm³/mol. The van der Waals surface area contributed by atoms with E-state index in [4.69, 9.17) is 10.8 Å². The number of aliphatic hydroxyl groups is 2. The Hall–Kier alpha value is -2.13. The Bertz CT molecular complexity index is 523. The molecule has 0 aromatic heterocycles. The van der Waals surface area contributed by atoms with E-state index in [-0.39, 0.29) is 24.9 Å². The number of benzene rings is 1. The van der Waals surface area contributed by atoms with Crippen LogP contribution in [0.25, 0.3) is 10.4 Å². The van der Waals surface area contributed by atoms with Gasteiger partial charge in [0.2, 0.25) is 0 Å². The molecule has 0 saturated carbocycles. The van der Waals surface area contributed by atoms with Crippen molar-refractivity contribution < 1.29 is 14.6 Å². The molecule has 7 heteroatoms. The van der Waals surface area contributed by atoms with Crippen LogP contribution < -0.4 is 0 Å². The Morgan fingerprint density at radius 1 is 1.47 bits per heavy atom. The van der Waals surface area contributed by atoms with Gasteiger partial charge < -0.3 is 10.2 Å². The van der Waals surface area contributed by atoms with Crippen LogP contribution >= 0.6 is 0 Å². The van der Waals surface area contributed by atoms with Gasteiger partial charge in [-0.05, 0) is 23.6 Å². The highest BCUT2D eigenvalue weighted by atomic mass is 19.1. The summed E-state index contributed by atoms with van der Waals surface area (Å²) in [6, 6.07) is 5.90. The highest BCUT2D eigenvalue weighted by Crippen LogP contribution is 2.23. The maximum absolute atomic E-state index is 13.7. The lowest BCUT2D eigenvalue weighted by Crippen LogP contribution is -2.20. The fourth-order valence-corrected chi connectivity index (χ4v) is 1.61. The first kappa shape index (κ1) is 14.9. The van der Waals surface area contributed by atoms with Crippen LogP contribution in [0.1, 0.15) is 23.7 Å². The van der Waals surface area contributed by atoms with E-state index in [0.29, 0.717) is 5.56 Å². The Labute approximate surface area is 109 Å². The largest absolute Gasteiger partial charge is 0.390 e. The zero-order chi connectivity index (χ0) is 14.3. The SMILES string of the molecule is N#CCc1ccc(C(O)C(O)CCN=[N+]=[N-])c(F)c1. The normalized spacial score (nSPS) is 13.2. The molecule has 6 nitrogen and oxygen atoms in total. The number of azide groups is 1. The second-order valence-electron chi connectivity index (χ2n) is 3.95. The number of hydrogen-bond donors (Lipinski definition) is 2. The van der Waals surface area contributed by atoms with Gasteiger partial charge in [-0.25, -0.2) is 4.39 Å². The molecule has 0 heterocycles. The van der Waals surface area contributed by atoms with E-state index in [1.54, 1.807) is 0 Å². The number of aliphatic hydroxyl groups excluding tert-OH is 2. The molecule has 0 radical (unpaired) electrons.